The van der Waals surface area contributed by atoms with Crippen LogP contribution >= 0.6 is 0 Å². The summed E-state index contributed by atoms with van der Waals surface area (Å²) in [6, 6.07) is 6.48. The molecule has 0 bridgehead atoms. The van der Waals surface area contributed by atoms with Crippen molar-refractivity contribution in [2.75, 3.05) is 31.1 Å². The smallest absolute Gasteiger partial charge is 0.341 e. The van der Waals surface area contributed by atoms with Gasteiger partial charge in [0.15, 0.2) is 6.10 Å². The maximum absolute atomic E-state index is 12.9. The van der Waals surface area contributed by atoms with Gasteiger partial charge < -0.3 is 9.64 Å². The Hall–Kier alpha value is -2.11. The zero-order valence-electron chi connectivity index (χ0n) is 17.0. The molecule has 1 atom stereocenters. The van der Waals surface area contributed by atoms with Crippen LogP contribution in [0.5, 0.6) is 0 Å². The van der Waals surface area contributed by atoms with E-state index in [0.717, 1.165) is 25.9 Å². The van der Waals surface area contributed by atoms with Gasteiger partial charge in [0.05, 0.1) is 16.1 Å². The van der Waals surface area contributed by atoms with Gasteiger partial charge in [-0.05, 0) is 43.9 Å². The molecule has 1 aromatic carbocycles. The summed E-state index contributed by atoms with van der Waals surface area (Å²) >= 11 is 0. The minimum Gasteiger partial charge on any atom is -0.444 e. The molecule has 1 aromatic rings. The largest absolute Gasteiger partial charge is 0.444 e. The number of hydrogen-bond acceptors (Lipinski definition) is 6. The number of carbonyl (C=O) groups excluding carboxylic acids is 1. The van der Waals surface area contributed by atoms with Crippen molar-refractivity contribution in [3.8, 4) is 6.07 Å². The average molecular weight is 408 g/mol. The molecular formula is C20H29N3O4S. The molecule has 7 nitrogen and oxygen atoms in total. The normalized spacial score (nSPS) is 16.6. The summed E-state index contributed by atoms with van der Waals surface area (Å²) in [5, 5.41) is 8.96. The Balaban J connectivity index is 2.49. The Kier molecular flexibility index (Phi) is 7.44. The summed E-state index contributed by atoms with van der Waals surface area (Å²) in [7, 11) is -3.71. The molecule has 2 rings (SSSR count). The van der Waals surface area contributed by atoms with Gasteiger partial charge in [0.25, 0.3) is 0 Å². The van der Waals surface area contributed by atoms with E-state index in [-0.39, 0.29) is 10.5 Å². The number of sulfonamides is 1. The second kappa shape index (κ2) is 9.39. The Morgan fingerprint density at radius 3 is 2.46 bits per heavy atom. The Bertz CT molecular complexity index is 835. The van der Waals surface area contributed by atoms with Gasteiger partial charge in [-0.15, -0.1) is 0 Å². The highest BCUT2D eigenvalue weighted by molar-refractivity contribution is 7.89. The number of nitrogens with zero attached hydrogens (tertiary/aromatic N) is 3. The maximum Gasteiger partial charge on any atom is 0.341 e. The minimum absolute atomic E-state index is 0.0573. The van der Waals surface area contributed by atoms with E-state index in [1.54, 1.807) is 26.0 Å². The van der Waals surface area contributed by atoms with Gasteiger partial charge in [-0.25, -0.2) is 13.2 Å². The first-order valence-corrected chi connectivity index (χ1v) is 11.2. The molecule has 154 valence electrons. The second-order valence-electron chi connectivity index (χ2n) is 7.11. The second-order valence-corrected chi connectivity index (χ2v) is 9.05. The van der Waals surface area contributed by atoms with Crippen LogP contribution in [0.3, 0.4) is 0 Å². The Labute approximate surface area is 167 Å². The average Bonchev–Trinajstić information content (AvgIpc) is 2.68. The molecule has 1 fully saturated rings. The molecule has 1 aliphatic rings. The Morgan fingerprint density at radius 2 is 1.93 bits per heavy atom. The molecule has 1 saturated heterocycles. The van der Waals surface area contributed by atoms with E-state index in [1.165, 1.54) is 17.3 Å². The van der Waals surface area contributed by atoms with E-state index in [0.29, 0.717) is 24.7 Å². The van der Waals surface area contributed by atoms with Gasteiger partial charge in [-0.1, -0.05) is 20.8 Å². The Morgan fingerprint density at radius 1 is 1.32 bits per heavy atom. The number of piperidine rings is 1. The number of ether oxygens (including phenoxy) is 1. The number of benzene rings is 1. The molecule has 0 spiro atoms. The molecule has 1 heterocycles. The molecule has 0 saturated carbocycles. The van der Waals surface area contributed by atoms with Crippen molar-refractivity contribution in [2.45, 2.75) is 51.5 Å². The van der Waals surface area contributed by atoms with Crippen LogP contribution in [0.1, 0.15) is 50.9 Å². The van der Waals surface area contributed by atoms with Gasteiger partial charge in [0, 0.05) is 26.2 Å². The van der Waals surface area contributed by atoms with Crippen LogP contribution < -0.4 is 4.90 Å². The van der Waals surface area contributed by atoms with Crippen LogP contribution in [0.2, 0.25) is 0 Å². The van der Waals surface area contributed by atoms with Crippen molar-refractivity contribution < 1.29 is 17.9 Å². The highest BCUT2D eigenvalue weighted by Gasteiger charge is 2.27. The third kappa shape index (κ3) is 4.83. The van der Waals surface area contributed by atoms with E-state index in [4.69, 9.17) is 10.00 Å². The fourth-order valence-electron chi connectivity index (χ4n) is 3.33. The van der Waals surface area contributed by atoms with E-state index >= 15 is 0 Å². The summed E-state index contributed by atoms with van der Waals surface area (Å²) < 4.78 is 32.3. The lowest BCUT2D eigenvalue weighted by Crippen LogP contribution is -2.34. The number of esters is 1. The van der Waals surface area contributed by atoms with Crippen LogP contribution in [0.15, 0.2) is 23.1 Å². The van der Waals surface area contributed by atoms with E-state index in [2.05, 4.69) is 11.8 Å². The highest BCUT2D eigenvalue weighted by Crippen LogP contribution is 2.30. The van der Waals surface area contributed by atoms with Crippen LogP contribution in [-0.4, -0.2) is 51.0 Å². The van der Waals surface area contributed by atoms with Crippen molar-refractivity contribution in [2.24, 2.45) is 5.92 Å². The molecule has 0 radical (unpaired) electrons. The van der Waals surface area contributed by atoms with Crippen LogP contribution in [-0.2, 0) is 14.8 Å². The molecule has 0 aromatic heterocycles. The van der Waals surface area contributed by atoms with Crippen molar-refractivity contribution >= 4 is 21.7 Å². The minimum atomic E-state index is -3.71. The molecular weight excluding hydrogens is 378 g/mol. The quantitative estimate of drug-likeness (QED) is 0.645. The first kappa shape index (κ1) is 22.2. The van der Waals surface area contributed by atoms with Crippen molar-refractivity contribution in [3.05, 3.63) is 23.8 Å². The third-order valence-corrected chi connectivity index (χ3v) is 7.17. The summed E-state index contributed by atoms with van der Waals surface area (Å²) in [6.07, 6.45) is 1.09. The van der Waals surface area contributed by atoms with Gasteiger partial charge in [-0.2, -0.15) is 9.57 Å². The lowest BCUT2D eigenvalue weighted by molar-refractivity contribution is 0.0436. The van der Waals surface area contributed by atoms with Crippen molar-refractivity contribution in [1.82, 2.24) is 4.31 Å². The molecule has 0 aliphatic carbocycles. The predicted molar refractivity (Wildman–Crippen MR) is 108 cm³/mol. The molecule has 1 aliphatic heterocycles. The fourth-order valence-corrected chi connectivity index (χ4v) is 4.81. The van der Waals surface area contributed by atoms with Crippen molar-refractivity contribution in [1.29, 1.82) is 5.26 Å². The fraction of sp³-hybridized carbons (Fsp3) is 0.600. The molecule has 28 heavy (non-hydrogen) atoms. The number of nitriles is 1. The topological polar surface area (TPSA) is 90.7 Å². The summed E-state index contributed by atoms with van der Waals surface area (Å²) in [6.45, 7) is 9.49. The van der Waals surface area contributed by atoms with E-state index in [9.17, 15) is 13.2 Å². The lowest BCUT2D eigenvalue weighted by atomic mass is 9.98. The monoisotopic (exact) mass is 407 g/mol. The van der Waals surface area contributed by atoms with E-state index in [1.807, 2.05) is 6.07 Å². The number of anilines is 1. The summed E-state index contributed by atoms with van der Waals surface area (Å²) in [4.78, 5) is 14.9. The lowest BCUT2D eigenvalue weighted by Gasteiger charge is -2.33. The molecule has 0 amide bonds. The highest BCUT2D eigenvalue weighted by atomic mass is 32.2. The first-order valence-electron chi connectivity index (χ1n) is 9.74. The molecule has 0 N–H and O–H groups in total. The standard InChI is InChI=1S/C20H29N3O4S/c1-5-23(6-2)28(25,26)17-7-8-19(22-11-9-15(3)10-12-22)18(13-17)20(24)27-16(4)14-21/h7-8,13,15-16H,5-6,9-12H2,1-4H3/t16-/m0/s1. The van der Waals surface area contributed by atoms with Gasteiger partial charge in [-0.3, -0.25) is 0 Å². The van der Waals surface area contributed by atoms with Crippen LogP contribution in [0.4, 0.5) is 5.69 Å². The zero-order valence-corrected chi connectivity index (χ0v) is 17.8. The van der Waals surface area contributed by atoms with Crippen molar-refractivity contribution in [3.63, 3.8) is 0 Å². The number of hydrogen-bond donors (Lipinski definition) is 0. The first-order chi connectivity index (χ1) is 13.2. The zero-order chi connectivity index (χ0) is 20.9. The van der Waals surface area contributed by atoms with Gasteiger partial charge in [0.2, 0.25) is 10.0 Å². The predicted octanol–water partition coefficient (Wildman–Crippen LogP) is 3.02. The van der Waals surface area contributed by atoms with Gasteiger partial charge >= 0.3 is 5.97 Å². The van der Waals surface area contributed by atoms with E-state index < -0.39 is 22.1 Å². The SMILES string of the molecule is CCN(CC)S(=O)(=O)c1ccc(N2CCC(C)CC2)c(C(=O)O[C@@H](C)C#N)c1. The van der Waals surface area contributed by atoms with Crippen LogP contribution in [0.25, 0.3) is 0 Å². The maximum atomic E-state index is 12.9. The summed E-state index contributed by atoms with van der Waals surface area (Å²) in [5.74, 6) is -0.0631. The molecule has 0 unspecified atom stereocenters. The van der Waals surface area contributed by atoms with Crippen LogP contribution in [0, 0.1) is 17.2 Å². The third-order valence-electron chi connectivity index (χ3n) is 5.12. The number of carbonyl (C=O) groups is 1. The summed E-state index contributed by atoms with van der Waals surface area (Å²) in [5.41, 5.74) is 0.838. The van der Waals surface area contributed by atoms with Gasteiger partial charge in [0.1, 0.15) is 6.07 Å². The number of rotatable bonds is 7. The molecule has 8 heteroatoms.